The predicted molar refractivity (Wildman–Crippen MR) is 52.8 cm³/mol. The molecule has 1 heterocycles. The summed E-state index contributed by atoms with van der Waals surface area (Å²) in [6.45, 7) is 1.50. The average Bonchev–Trinajstić information content (AvgIpc) is 2.45. The van der Waals surface area contributed by atoms with E-state index in [0.717, 1.165) is 32.2 Å². The van der Waals surface area contributed by atoms with Crippen LogP contribution in [-0.2, 0) is 4.79 Å². The lowest BCUT2D eigenvalue weighted by atomic mass is 10.2. The first kappa shape index (κ1) is 11.5. The second kappa shape index (κ2) is 5.98. The molecule has 1 unspecified atom stereocenters. The SMILES string of the molecule is O=C1CC(O)CN1CCCCCCO. The van der Waals surface area contributed by atoms with Gasteiger partial charge in [0.1, 0.15) is 0 Å². The van der Waals surface area contributed by atoms with E-state index in [9.17, 15) is 9.90 Å². The third-order valence-electron chi connectivity index (χ3n) is 2.53. The highest BCUT2D eigenvalue weighted by Gasteiger charge is 2.26. The van der Waals surface area contributed by atoms with Crippen molar-refractivity contribution < 1.29 is 15.0 Å². The van der Waals surface area contributed by atoms with Crippen molar-refractivity contribution in [3.63, 3.8) is 0 Å². The predicted octanol–water partition coefficient (Wildman–Crippen LogP) is 0.132. The first-order valence-corrected chi connectivity index (χ1v) is 5.30. The Balaban J connectivity index is 2.04. The van der Waals surface area contributed by atoms with Gasteiger partial charge in [0, 0.05) is 19.7 Å². The molecule has 4 heteroatoms. The Labute approximate surface area is 84.5 Å². The Morgan fingerprint density at radius 3 is 2.57 bits per heavy atom. The summed E-state index contributed by atoms with van der Waals surface area (Å²) in [5.74, 6) is 0.0691. The Bertz CT molecular complexity index is 184. The standard InChI is InChI=1S/C10H19NO3/c12-6-4-2-1-3-5-11-8-9(13)7-10(11)14/h9,12-13H,1-8H2. The lowest BCUT2D eigenvalue weighted by Crippen LogP contribution is -2.26. The van der Waals surface area contributed by atoms with E-state index in [1.54, 1.807) is 4.90 Å². The Morgan fingerprint density at radius 1 is 1.29 bits per heavy atom. The number of carbonyl (C=O) groups is 1. The topological polar surface area (TPSA) is 60.8 Å². The van der Waals surface area contributed by atoms with Gasteiger partial charge in [-0.25, -0.2) is 0 Å². The molecule has 1 aliphatic rings. The van der Waals surface area contributed by atoms with Crippen LogP contribution in [0.4, 0.5) is 0 Å². The number of nitrogens with zero attached hydrogens (tertiary/aromatic N) is 1. The number of carbonyl (C=O) groups excluding carboxylic acids is 1. The van der Waals surface area contributed by atoms with E-state index in [4.69, 9.17) is 5.11 Å². The molecular formula is C10H19NO3. The summed E-state index contributed by atoms with van der Waals surface area (Å²) in [6.07, 6.45) is 3.70. The van der Waals surface area contributed by atoms with Gasteiger partial charge in [-0.1, -0.05) is 12.8 Å². The van der Waals surface area contributed by atoms with Gasteiger partial charge in [0.2, 0.25) is 5.91 Å². The zero-order valence-electron chi connectivity index (χ0n) is 8.48. The fourth-order valence-corrected chi connectivity index (χ4v) is 1.74. The molecule has 0 aromatic carbocycles. The molecule has 4 nitrogen and oxygen atoms in total. The van der Waals surface area contributed by atoms with E-state index >= 15 is 0 Å². The Hall–Kier alpha value is -0.610. The minimum absolute atomic E-state index is 0.0691. The van der Waals surface area contributed by atoms with E-state index in [1.165, 1.54) is 0 Å². The largest absolute Gasteiger partial charge is 0.396 e. The number of aliphatic hydroxyl groups is 2. The van der Waals surface area contributed by atoms with E-state index in [0.29, 0.717) is 6.54 Å². The molecule has 0 aromatic rings. The van der Waals surface area contributed by atoms with Crippen molar-refractivity contribution in [1.82, 2.24) is 4.90 Å². The molecule has 0 aromatic heterocycles. The van der Waals surface area contributed by atoms with Crippen molar-refractivity contribution in [3.8, 4) is 0 Å². The normalized spacial score (nSPS) is 22.0. The Morgan fingerprint density at radius 2 is 2.00 bits per heavy atom. The van der Waals surface area contributed by atoms with Crippen molar-refractivity contribution in [1.29, 1.82) is 0 Å². The molecule has 14 heavy (non-hydrogen) atoms. The lowest BCUT2D eigenvalue weighted by molar-refractivity contribution is -0.127. The molecule has 1 atom stereocenters. The first-order valence-electron chi connectivity index (χ1n) is 5.30. The van der Waals surface area contributed by atoms with E-state index in [1.807, 2.05) is 0 Å². The number of rotatable bonds is 6. The monoisotopic (exact) mass is 201 g/mol. The van der Waals surface area contributed by atoms with E-state index < -0.39 is 6.10 Å². The summed E-state index contributed by atoms with van der Waals surface area (Å²) < 4.78 is 0. The van der Waals surface area contributed by atoms with Gasteiger partial charge >= 0.3 is 0 Å². The van der Waals surface area contributed by atoms with Crippen LogP contribution in [0.15, 0.2) is 0 Å². The molecule has 1 amide bonds. The highest BCUT2D eigenvalue weighted by molar-refractivity contribution is 5.78. The minimum atomic E-state index is -0.458. The third-order valence-corrected chi connectivity index (χ3v) is 2.53. The van der Waals surface area contributed by atoms with Crippen LogP contribution in [0.2, 0.25) is 0 Å². The molecule has 82 valence electrons. The maximum absolute atomic E-state index is 11.2. The van der Waals surface area contributed by atoms with Crippen molar-refractivity contribution in [2.24, 2.45) is 0 Å². The summed E-state index contributed by atoms with van der Waals surface area (Å²) in [7, 11) is 0. The van der Waals surface area contributed by atoms with Crippen molar-refractivity contribution in [2.45, 2.75) is 38.2 Å². The zero-order valence-corrected chi connectivity index (χ0v) is 8.48. The van der Waals surface area contributed by atoms with Gasteiger partial charge in [-0.3, -0.25) is 4.79 Å². The van der Waals surface area contributed by atoms with Gasteiger partial charge in [0.25, 0.3) is 0 Å². The molecule has 0 saturated carbocycles. The molecule has 1 fully saturated rings. The maximum atomic E-state index is 11.2. The minimum Gasteiger partial charge on any atom is -0.396 e. The summed E-state index contributed by atoms with van der Waals surface area (Å²) in [5.41, 5.74) is 0. The van der Waals surface area contributed by atoms with Crippen molar-refractivity contribution in [3.05, 3.63) is 0 Å². The van der Waals surface area contributed by atoms with Gasteiger partial charge in [0.05, 0.1) is 12.5 Å². The summed E-state index contributed by atoms with van der Waals surface area (Å²) in [5, 5.41) is 17.8. The highest BCUT2D eigenvalue weighted by Crippen LogP contribution is 2.12. The van der Waals surface area contributed by atoms with Crippen LogP contribution >= 0.6 is 0 Å². The van der Waals surface area contributed by atoms with Crippen LogP contribution in [-0.4, -0.2) is 46.8 Å². The molecule has 0 bridgehead atoms. The second-order valence-corrected chi connectivity index (χ2v) is 3.84. The quantitative estimate of drug-likeness (QED) is 0.601. The van der Waals surface area contributed by atoms with Crippen molar-refractivity contribution >= 4 is 5.91 Å². The number of aliphatic hydroxyl groups excluding tert-OH is 2. The van der Waals surface area contributed by atoms with Gasteiger partial charge in [0.15, 0.2) is 0 Å². The molecule has 1 aliphatic heterocycles. The molecule has 1 saturated heterocycles. The molecule has 0 aliphatic carbocycles. The maximum Gasteiger partial charge on any atom is 0.225 e. The van der Waals surface area contributed by atoms with E-state index in [2.05, 4.69) is 0 Å². The van der Waals surface area contributed by atoms with Gasteiger partial charge in [-0.05, 0) is 12.8 Å². The van der Waals surface area contributed by atoms with Crippen LogP contribution in [0.25, 0.3) is 0 Å². The van der Waals surface area contributed by atoms with Crippen LogP contribution < -0.4 is 0 Å². The third kappa shape index (κ3) is 3.64. The Kier molecular flexibility index (Phi) is 4.90. The molecule has 2 N–H and O–H groups in total. The fraction of sp³-hybridized carbons (Fsp3) is 0.900. The molecular weight excluding hydrogens is 182 g/mol. The summed E-state index contributed by atoms with van der Waals surface area (Å²) >= 11 is 0. The fourth-order valence-electron chi connectivity index (χ4n) is 1.74. The van der Waals surface area contributed by atoms with E-state index in [-0.39, 0.29) is 18.9 Å². The van der Waals surface area contributed by atoms with Crippen LogP contribution in [0.1, 0.15) is 32.1 Å². The van der Waals surface area contributed by atoms with Crippen molar-refractivity contribution in [2.75, 3.05) is 19.7 Å². The number of unbranched alkanes of at least 4 members (excludes halogenated alkanes) is 3. The zero-order chi connectivity index (χ0) is 10.4. The number of β-amino-alcohol motifs (C(OH)–C–C–N with tert-alkyl or cyclic N) is 1. The number of hydrogen-bond donors (Lipinski definition) is 2. The van der Waals surface area contributed by atoms with Gasteiger partial charge in [-0.2, -0.15) is 0 Å². The smallest absolute Gasteiger partial charge is 0.225 e. The average molecular weight is 201 g/mol. The number of amides is 1. The molecule has 1 rings (SSSR count). The highest BCUT2D eigenvalue weighted by atomic mass is 16.3. The van der Waals surface area contributed by atoms with Gasteiger partial charge < -0.3 is 15.1 Å². The summed E-state index contributed by atoms with van der Waals surface area (Å²) in [6, 6.07) is 0. The first-order chi connectivity index (χ1) is 6.74. The lowest BCUT2D eigenvalue weighted by Gasteiger charge is -2.14. The van der Waals surface area contributed by atoms with Gasteiger partial charge in [-0.15, -0.1) is 0 Å². The number of likely N-dealkylation sites (tertiary alicyclic amines) is 1. The van der Waals surface area contributed by atoms with Crippen LogP contribution in [0.5, 0.6) is 0 Å². The van der Waals surface area contributed by atoms with Crippen LogP contribution in [0.3, 0.4) is 0 Å². The summed E-state index contributed by atoms with van der Waals surface area (Å²) in [4.78, 5) is 13.0. The second-order valence-electron chi connectivity index (χ2n) is 3.84. The molecule has 0 radical (unpaired) electrons. The number of hydrogen-bond acceptors (Lipinski definition) is 3. The van der Waals surface area contributed by atoms with Crippen LogP contribution in [0, 0.1) is 0 Å². The molecule has 0 spiro atoms.